The van der Waals surface area contributed by atoms with E-state index in [1.807, 2.05) is 12.1 Å². The van der Waals surface area contributed by atoms with Crippen LogP contribution >= 0.6 is 7.81 Å². The predicted octanol–water partition coefficient (Wildman–Crippen LogP) is 8.77. The summed E-state index contributed by atoms with van der Waals surface area (Å²) in [6.07, 6.45) is 2.36. The van der Waals surface area contributed by atoms with Gasteiger partial charge >= 0.3 is 33.0 Å². The monoisotopic (exact) mass is 428 g/mol. The van der Waals surface area contributed by atoms with E-state index in [1.54, 1.807) is 0 Å². The van der Waals surface area contributed by atoms with Crippen molar-refractivity contribution in [3.8, 4) is 11.5 Å². The van der Waals surface area contributed by atoms with Gasteiger partial charge < -0.3 is 4.74 Å². The zero-order chi connectivity index (χ0) is 20.5. The third-order valence-corrected chi connectivity index (χ3v) is 5.58. The number of hydrogen-bond donors (Lipinski definition) is 0. The molecule has 0 N–H and O–H groups in total. The van der Waals surface area contributed by atoms with E-state index in [4.69, 9.17) is 4.74 Å². The van der Waals surface area contributed by atoms with Crippen LogP contribution in [0.15, 0.2) is 69.3 Å². The third kappa shape index (κ3) is 7.46. The van der Waals surface area contributed by atoms with Crippen LogP contribution in [-0.4, -0.2) is 0 Å². The molecule has 27 heavy (non-hydrogen) atoms. The molecule has 0 fully saturated rings. The summed E-state index contributed by atoms with van der Waals surface area (Å²) in [5.41, 5.74) is 0. The van der Waals surface area contributed by atoms with Gasteiger partial charge in [0, 0.05) is 6.92 Å². The number of allylic oxidation sites excluding steroid dienone is 2. The third-order valence-electron chi connectivity index (χ3n) is 3.25. The van der Waals surface area contributed by atoms with Crippen molar-refractivity contribution in [1.82, 2.24) is 0 Å². The molecule has 1 aliphatic rings. The maximum absolute atomic E-state index is 10.7. The Morgan fingerprint density at radius 3 is 1.59 bits per heavy atom. The second-order valence-electron chi connectivity index (χ2n) is 6.28. The molecule has 1 heterocycles. The molecule has 0 spiro atoms. The minimum absolute atomic E-state index is 0.0238. The van der Waals surface area contributed by atoms with Gasteiger partial charge in [0.15, 0.2) is 11.5 Å². The van der Waals surface area contributed by atoms with E-state index < -0.39 is 7.81 Å². The van der Waals surface area contributed by atoms with E-state index in [-0.39, 0.29) is 10.9 Å². The van der Waals surface area contributed by atoms with Crippen LogP contribution in [0.1, 0.15) is 20.8 Å². The van der Waals surface area contributed by atoms with Gasteiger partial charge in [0.05, 0.1) is 0 Å². The summed E-state index contributed by atoms with van der Waals surface area (Å²) in [4.78, 5) is 4.00. The van der Waals surface area contributed by atoms with Crippen molar-refractivity contribution in [2.24, 2.45) is 5.92 Å². The van der Waals surface area contributed by atoms with E-state index in [0.29, 0.717) is 5.92 Å². The molecule has 0 bridgehead atoms. The van der Waals surface area contributed by atoms with Crippen LogP contribution in [0, 0.1) is 5.92 Å². The molecule has 0 radical (unpaired) electrons. The normalized spacial score (nSPS) is 16.9. The van der Waals surface area contributed by atoms with Crippen LogP contribution in [0.25, 0.3) is 0 Å². The number of para-hydroxylation sites is 2. The summed E-state index contributed by atoms with van der Waals surface area (Å²) in [7, 11) is -10.7. The zero-order valence-electron chi connectivity index (χ0n) is 14.8. The van der Waals surface area contributed by atoms with Gasteiger partial charge in [-0.2, -0.15) is 0 Å². The first-order chi connectivity index (χ1) is 12.1. The van der Waals surface area contributed by atoms with Crippen molar-refractivity contribution in [3.05, 3.63) is 59.5 Å². The molecule has 0 saturated carbocycles. The Bertz CT molecular complexity index is 805. The predicted molar refractivity (Wildman–Crippen MR) is 99.0 cm³/mol. The number of fused-ring (bicyclic) bond motifs is 2. The summed E-state index contributed by atoms with van der Waals surface area (Å²) in [5, 5.41) is 0. The van der Waals surface area contributed by atoms with E-state index in [9.17, 15) is 25.2 Å². The van der Waals surface area contributed by atoms with Crippen LogP contribution < -0.4 is 4.74 Å². The number of rotatable bonds is 2. The van der Waals surface area contributed by atoms with Gasteiger partial charge in [0.25, 0.3) is 0 Å². The Balaban J connectivity index is 0.000000321. The summed E-state index contributed by atoms with van der Waals surface area (Å²) >= 11 is 0. The molecule has 0 aliphatic carbocycles. The minimum atomic E-state index is -10.7. The first-order valence-electron chi connectivity index (χ1n) is 7.97. The number of benzene rings is 2. The van der Waals surface area contributed by atoms with Gasteiger partial charge in [0.2, 0.25) is 9.79 Å². The molecule has 0 amide bonds. The van der Waals surface area contributed by atoms with Crippen LogP contribution in [0.2, 0.25) is 0 Å². The fourth-order valence-electron chi connectivity index (χ4n) is 2.53. The fraction of sp³-hybridized carbons (Fsp3) is 0.222. The standard InChI is InChI=1S/C18H19OS.F6P/c1-13(2)12-14(3)20-17-10-6-4-8-15(17)19-16-9-5-7-11-18(16)20;1-7(2,3,4,5)6/h4-13H,1-3H3;/q+1;-1/b14-12-;. The van der Waals surface area contributed by atoms with Crippen LogP contribution in [0.5, 0.6) is 11.5 Å². The first kappa shape index (κ1) is 21.6. The summed E-state index contributed by atoms with van der Waals surface area (Å²) in [6.45, 7) is 6.69. The molecule has 150 valence electrons. The van der Waals surface area contributed by atoms with Crippen molar-refractivity contribution in [1.29, 1.82) is 0 Å². The maximum atomic E-state index is 9.87. The van der Waals surface area contributed by atoms with Crippen LogP contribution in [-0.2, 0) is 10.9 Å². The van der Waals surface area contributed by atoms with Gasteiger partial charge in [-0.05, 0) is 36.3 Å². The van der Waals surface area contributed by atoms with Crippen LogP contribution in [0.3, 0.4) is 0 Å². The molecule has 1 aliphatic heterocycles. The Labute approximate surface area is 156 Å². The van der Waals surface area contributed by atoms with E-state index in [2.05, 4.69) is 63.2 Å². The van der Waals surface area contributed by atoms with Crippen molar-refractivity contribution in [3.63, 3.8) is 0 Å². The molecule has 0 atom stereocenters. The molecular weight excluding hydrogens is 409 g/mol. The Kier molecular flexibility index (Phi) is 5.40. The van der Waals surface area contributed by atoms with Crippen molar-refractivity contribution in [2.45, 2.75) is 30.6 Å². The molecule has 0 saturated heterocycles. The molecule has 3 rings (SSSR count). The molecule has 2 aromatic carbocycles. The summed E-state index contributed by atoms with van der Waals surface area (Å²) < 4.78 is 65.2. The SMILES string of the molecule is C/C(=C/C(C)C)[S+]1c2ccccc2Oc2ccccc21.F[P-](F)(F)(F)(F)F. The second kappa shape index (κ2) is 6.74. The van der Waals surface area contributed by atoms with Gasteiger partial charge in [-0.25, -0.2) is 0 Å². The molecular formula is C18H19F6OPS. The number of hydrogen-bond acceptors (Lipinski definition) is 1. The number of halogens is 6. The Morgan fingerprint density at radius 2 is 1.22 bits per heavy atom. The fourth-order valence-corrected chi connectivity index (χ4v) is 4.92. The second-order valence-corrected chi connectivity index (χ2v) is 10.3. The molecule has 1 nitrogen and oxygen atoms in total. The van der Waals surface area contributed by atoms with Gasteiger partial charge in [-0.3, -0.25) is 0 Å². The molecule has 0 unspecified atom stereocenters. The van der Waals surface area contributed by atoms with Crippen molar-refractivity contribution < 1.29 is 29.9 Å². The van der Waals surface area contributed by atoms with E-state index in [0.717, 1.165) is 11.5 Å². The Hall–Kier alpha value is -1.66. The van der Waals surface area contributed by atoms with Gasteiger partial charge in [-0.15, -0.1) is 0 Å². The average molecular weight is 428 g/mol. The molecule has 2 aromatic rings. The zero-order valence-corrected chi connectivity index (χ0v) is 16.5. The van der Waals surface area contributed by atoms with E-state index >= 15 is 0 Å². The summed E-state index contributed by atoms with van der Waals surface area (Å²) in [6, 6.07) is 16.8. The number of ether oxygens (including phenoxy) is 1. The van der Waals surface area contributed by atoms with Crippen molar-refractivity contribution in [2.75, 3.05) is 0 Å². The topological polar surface area (TPSA) is 9.23 Å². The molecule has 9 heteroatoms. The summed E-state index contributed by atoms with van der Waals surface area (Å²) in [5.74, 6) is 2.54. The Morgan fingerprint density at radius 1 is 0.852 bits per heavy atom. The first-order valence-corrected chi connectivity index (χ1v) is 11.2. The van der Waals surface area contributed by atoms with E-state index in [1.165, 1.54) is 14.7 Å². The van der Waals surface area contributed by atoms with Gasteiger partial charge in [0.1, 0.15) is 15.8 Å². The average Bonchev–Trinajstić information content (AvgIpc) is 2.48. The quantitative estimate of drug-likeness (QED) is 0.264. The van der Waals surface area contributed by atoms with Gasteiger partial charge in [-0.1, -0.05) is 38.1 Å². The molecule has 0 aromatic heterocycles. The van der Waals surface area contributed by atoms with Crippen molar-refractivity contribution >= 4 is 18.7 Å². The van der Waals surface area contributed by atoms with Crippen LogP contribution in [0.4, 0.5) is 25.2 Å².